The van der Waals surface area contributed by atoms with E-state index in [-0.39, 0.29) is 35.7 Å². The molecule has 304 valence electrons. The largest absolute Gasteiger partial charge is 0.453 e. The number of aromatic amines is 2. The van der Waals surface area contributed by atoms with Crippen LogP contribution in [0.2, 0.25) is 0 Å². The van der Waals surface area contributed by atoms with Crippen LogP contribution in [-0.4, -0.2) is 108 Å². The van der Waals surface area contributed by atoms with Crippen LogP contribution < -0.4 is 10.6 Å². The van der Waals surface area contributed by atoms with Crippen molar-refractivity contribution in [3.05, 3.63) is 66.8 Å². The van der Waals surface area contributed by atoms with E-state index in [2.05, 4.69) is 35.6 Å². The molecular weight excluding hydrogens is 743 g/mol. The van der Waals surface area contributed by atoms with Crippen LogP contribution in [0.4, 0.5) is 9.59 Å². The molecule has 7 rings (SSSR count). The van der Waals surface area contributed by atoms with Gasteiger partial charge in [-0.3, -0.25) is 19.6 Å². The summed E-state index contributed by atoms with van der Waals surface area (Å²) in [7, 11) is 2.56. The van der Waals surface area contributed by atoms with Crippen LogP contribution in [0.15, 0.2) is 55.1 Å². The van der Waals surface area contributed by atoms with Crippen molar-refractivity contribution < 1.29 is 28.7 Å². The number of carbonyl (C=O) groups is 4. The minimum atomic E-state index is -0.708. The third-order valence-electron chi connectivity index (χ3n) is 10.9. The predicted molar refractivity (Wildman–Crippen MR) is 214 cm³/mol. The highest BCUT2D eigenvalue weighted by molar-refractivity contribution is 5.87. The number of amides is 4. The van der Waals surface area contributed by atoms with Crippen LogP contribution in [0.5, 0.6) is 0 Å². The monoisotopic (exact) mass is 791 g/mol. The number of alkyl carbamates (subject to hydrolysis) is 2. The van der Waals surface area contributed by atoms with Crippen LogP contribution in [0, 0.1) is 11.8 Å². The van der Waals surface area contributed by atoms with Gasteiger partial charge >= 0.3 is 12.2 Å². The Kier molecular flexibility index (Phi) is 11.7. The van der Waals surface area contributed by atoms with Gasteiger partial charge in [0.2, 0.25) is 11.8 Å². The van der Waals surface area contributed by atoms with Crippen LogP contribution >= 0.6 is 0 Å². The Morgan fingerprint density at radius 1 is 0.655 bits per heavy atom. The number of nitrogens with zero attached hydrogens (tertiary/aromatic N) is 7. The molecule has 2 aliphatic rings. The lowest BCUT2D eigenvalue weighted by atomic mass is 10.0. The molecule has 17 nitrogen and oxygen atoms in total. The number of benzene rings is 1. The molecule has 4 atom stereocenters. The van der Waals surface area contributed by atoms with Gasteiger partial charge in [-0.2, -0.15) is 0 Å². The second-order valence-electron chi connectivity index (χ2n) is 15.3. The lowest BCUT2D eigenvalue weighted by Crippen LogP contribution is -2.51. The lowest BCUT2D eigenvalue weighted by Gasteiger charge is -2.30. The van der Waals surface area contributed by atoms with Crippen molar-refractivity contribution in [1.29, 1.82) is 0 Å². The van der Waals surface area contributed by atoms with E-state index >= 15 is 0 Å². The number of ether oxygens (including phenoxy) is 2. The number of aromatic nitrogens is 7. The van der Waals surface area contributed by atoms with Gasteiger partial charge in [-0.1, -0.05) is 33.8 Å². The summed E-state index contributed by atoms with van der Waals surface area (Å²) in [5.41, 5.74) is 5.93. The Bertz CT molecular complexity index is 2290. The van der Waals surface area contributed by atoms with Crippen LogP contribution in [0.1, 0.15) is 77.1 Å². The molecule has 5 aromatic rings. The number of methoxy groups -OCH3 is 2. The molecule has 4 N–H and O–H groups in total. The summed E-state index contributed by atoms with van der Waals surface area (Å²) >= 11 is 0. The van der Waals surface area contributed by atoms with Crippen LogP contribution in [0.25, 0.3) is 44.9 Å². The quantitative estimate of drug-likeness (QED) is 0.130. The van der Waals surface area contributed by atoms with E-state index in [9.17, 15) is 19.2 Å². The zero-order valence-electron chi connectivity index (χ0n) is 33.5. The molecule has 0 aliphatic carbocycles. The number of likely N-dealkylation sites (tertiary alicyclic amines) is 2. The molecule has 0 radical (unpaired) electrons. The van der Waals surface area contributed by atoms with Crippen molar-refractivity contribution in [2.24, 2.45) is 11.8 Å². The van der Waals surface area contributed by atoms with Gasteiger partial charge in [0.15, 0.2) is 0 Å². The third kappa shape index (κ3) is 8.19. The molecule has 58 heavy (non-hydrogen) atoms. The third-order valence-corrected chi connectivity index (χ3v) is 10.9. The zero-order valence-corrected chi connectivity index (χ0v) is 33.5. The van der Waals surface area contributed by atoms with E-state index in [1.807, 2.05) is 58.0 Å². The first-order valence-electron chi connectivity index (χ1n) is 19.6. The van der Waals surface area contributed by atoms with Crippen LogP contribution in [0.3, 0.4) is 0 Å². The number of rotatable bonds is 11. The van der Waals surface area contributed by atoms with Gasteiger partial charge in [-0.25, -0.2) is 24.5 Å². The van der Waals surface area contributed by atoms with Crippen molar-refractivity contribution >= 4 is 35.0 Å². The second kappa shape index (κ2) is 17.0. The average molecular weight is 792 g/mol. The maximum atomic E-state index is 13.6. The Morgan fingerprint density at radius 2 is 1.19 bits per heavy atom. The van der Waals surface area contributed by atoms with Crippen molar-refractivity contribution in [2.45, 2.75) is 77.5 Å². The molecule has 2 fully saturated rings. The van der Waals surface area contributed by atoms with Gasteiger partial charge in [-0.05, 0) is 61.8 Å². The molecule has 1 unspecified atom stereocenters. The summed E-state index contributed by atoms with van der Waals surface area (Å²) in [6.07, 6.45) is 8.83. The first-order chi connectivity index (χ1) is 27.9. The predicted octanol–water partition coefficient (Wildman–Crippen LogP) is 5.56. The molecule has 4 aromatic heterocycles. The number of nitrogens with one attached hydrogen (secondary N) is 4. The fourth-order valence-corrected chi connectivity index (χ4v) is 7.70. The van der Waals surface area contributed by atoms with Crippen molar-refractivity contribution in [3.63, 3.8) is 0 Å². The first-order valence-corrected chi connectivity index (χ1v) is 19.6. The van der Waals surface area contributed by atoms with E-state index in [0.717, 1.165) is 48.2 Å². The highest BCUT2D eigenvalue weighted by Gasteiger charge is 2.39. The van der Waals surface area contributed by atoms with Crippen molar-refractivity contribution in [1.82, 2.24) is 55.3 Å². The highest BCUT2D eigenvalue weighted by atomic mass is 16.5. The number of carbonyl (C=O) groups excluding carboxylic acids is 4. The van der Waals surface area contributed by atoms with E-state index in [4.69, 9.17) is 19.4 Å². The average Bonchev–Trinajstić information content (AvgIpc) is 4.07. The fraction of sp³-hybridized carbons (Fsp3) is 0.439. The number of fused-ring (bicyclic) bond motifs is 1. The minimum absolute atomic E-state index is 0.122. The molecule has 0 bridgehead atoms. The number of pyridine rings is 1. The second-order valence-corrected chi connectivity index (χ2v) is 15.3. The summed E-state index contributed by atoms with van der Waals surface area (Å²) in [6, 6.07) is 7.73. The topological polar surface area (TPSA) is 213 Å². The molecule has 6 heterocycles. The van der Waals surface area contributed by atoms with Crippen LogP contribution in [-0.2, 0) is 19.1 Å². The maximum Gasteiger partial charge on any atom is 0.407 e. The first kappa shape index (κ1) is 39.8. The Morgan fingerprint density at radius 3 is 1.69 bits per heavy atom. The Balaban J connectivity index is 1.02. The number of imidazole rings is 2. The summed E-state index contributed by atoms with van der Waals surface area (Å²) < 4.78 is 9.50. The summed E-state index contributed by atoms with van der Waals surface area (Å²) in [5.74, 6) is 0.795. The smallest absolute Gasteiger partial charge is 0.407 e. The molecule has 4 amide bonds. The minimum Gasteiger partial charge on any atom is -0.453 e. The normalized spacial score (nSPS) is 17.8. The van der Waals surface area contributed by atoms with Gasteiger partial charge in [-0.15, -0.1) is 0 Å². The van der Waals surface area contributed by atoms with Crippen molar-refractivity contribution in [2.75, 3.05) is 27.3 Å². The standard InChI is InChI=1S/C41H49N11O6/c1-22(2)34(49-40(55)57-5)38(53)51-15-7-9-32(51)36-44-19-29(47-36)24-11-14-27-28(17-24)43-21-31(46-27)26-13-12-25(18-42-26)30-20-45-37(48-30)33-10-8-16-52(33)39(54)35(23(3)4)50-41(56)58-6/h11-14,17-23,32-35H,7-10,15-16H2,1-6H3,(H,44,47)(H,45,48)(H,49,55)(H,50,56)/t32?,33-,34-,35-/m0/s1. The molecule has 2 saturated heterocycles. The molecule has 0 saturated carbocycles. The van der Waals surface area contributed by atoms with Gasteiger partial charge in [0.1, 0.15) is 29.4 Å². The van der Waals surface area contributed by atoms with Gasteiger partial charge in [0.25, 0.3) is 0 Å². The van der Waals surface area contributed by atoms with Crippen molar-refractivity contribution in [3.8, 4) is 33.9 Å². The zero-order chi connectivity index (χ0) is 41.1. The molecule has 17 heteroatoms. The molecule has 1 aromatic carbocycles. The summed E-state index contributed by atoms with van der Waals surface area (Å²) in [6.45, 7) is 8.70. The Hall–Kier alpha value is -6.39. The van der Waals surface area contributed by atoms with Gasteiger partial charge in [0.05, 0.1) is 73.0 Å². The Labute approximate surface area is 335 Å². The molecule has 0 spiro atoms. The van der Waals surface area contributed by atoms with E-state index in [1.165, 1.54) is 14.2 Å². The number of hydrogen-bond donors (Lipinski definition) is 4. The van der Waals surface area contributed by atoms with E-state index in [0.29, 0.717) is 47.2 Å². The molecular formula is C41H49N11O6. The highest BCUT2D eigenvalue weighted by Crippen LogP contribution is 2.35. The maximum absolute atomic E-state index is 13.6. The van der Waals surface area contributed by atoms with Gasteiger partial charge < -0.3 is 39.9 Å². The SMILES string of the molecule is COC(=O)N[C@H](C(=O)N1CCCC1c1ncc(-c2ccc3nc(-c4ccc(-c5cnc([C@@H]6CCCN6C(=O)[C@@H](NC(=O)OC)C(C)C)[nH]5)cn4)cnc3c2)[nH]1)C(C)C. The van der Waals surface area contributed by atoms with Gasteiger partial charge in [0, 0.05) is 30.4 Å². The molecule has 2 aliphatic heterocycles. The van der Waals surface area contributed by atoms with E-state index in [1.54, 1.807) is 34.6 Å². The lowest BCUT2D eigenvalue weighted by molar-refractivity contribution is -0.136. The number of hydrogen-bond acceptors (Lipinski definition) is 11. The fourth-order valence-electron chi connectivity index (χ4n) is 7.70. The number of H-pyrrole nitrogens is 2. The summed E-state index contributed by atoms with van der Waals surface area (Å²) in [5, 5.41) is 5.37. The summed E-state index contributed by atoms with van der Waals surface area (Å²) in [4.78, 5) is 84.9. The van der Waals surface area contributed by atoms with E-state index < -0.39 is 24.3 Å².